The maximum absolute atomic E-state index is 11.1. The number of hydrazine groups is 1. The van der Waals surface area contributed by atoms with Crippen molar-refractivity contribution in [2.24, 2.45) is 5.73 Å². The highest BCUT2D eigenvalue weighted by molar-refractivity contribution is 7.99. The lowest BCUT2D eigenvalue weighted by Crippen LogP contribution is -2.45. The van der Waals surface area contributed by atoms with Crippen molar-refractivity contribution in [2.45, 2.75) is 16.1 Å². The van der Waals surface area contributed by atoms with Crippen LogP contribution in [0.4, 0.5) is 11.4 Å². The largest absolute Gasteiger partial charge is 0.479 e. The molecular formula is C13H13N7O3S2. The first-order chi connectivity index (χ1) is 12.0. The number of thiocarbonyl (C=S) groups is 1. The van der Waals surface area contributed by atoms with Crippen LogP contribution in [-0.2, 0) is 0 Å². The molecule has 3 rings (SSSR count). The van der Waals surface area contributed by atoms with Crippen LogP contribution in [-0.4, -0.2) is 27.1 Å². The van der Waals surface area contributed by atoms with Crippen molar-refractivity contribution in [3.63, 3.8) is 0 Å². The molecule has 0 saturated heterocycles. The lowest BCUT2D eigenvalue weighted by Gasteiger charge is -2.22. The molecule has 0 saturated carbocycles. The van der Waals surface area contributed by atoms with Crippen molar-refractivity contribution in [2.75, 3.05) is 12.4 Å². The van der Waals surface area contributed by atoms with E-state index < -0.39 is 11.1 Å². The second kappa shape index (κ2) is 7.04. The third-order valence-electron chi connectivity index (χ3n) is 3.32. The number of anilines is 1. The van der Waals surface area contributed by atoms with Crippen LogP contribution in [0.5, 0.6) is 5.88 Å². The predicted molar refractivity (Wildman–Crippen MR) is 95.2 cm³/mol. The number of aromatic nitrogens is 2. The third-order valence-corrected chi connectivity index (χ3v) is 4.52. The van der Waals surface area contributed by atoms with Crippen molar-refractivity contribution < 1.29 is 9.66 Å². The Hall–Kier alpha value is -2.70. The third kappa shape index (κ3) is 3.55. The number of benzene rings is 1. The van der Waals surface area contributed by atoms with Gasteiger partial charge < -0.3 is 15.8 Å². The molecule has 0 radical (unpaired) electrons. The molecule has 0 unspecified atom stereocenters. The summed E-state index contributed by atoms with van der Waals surface area (Å²) in [6.45, 7) is 0. The molecule has 0 fully saturated rings. The molecule has 5 N–H and O–H groups in total. The number of fused-ring (bicyclic) bond motifs is 2. The van der Waals surface area contributed by atoms with E-state index in [4.69, 9.17) is 22.7 Å². The molecular weight excluding hydrogens is 366 g/mol. The monoisotopic (exact) mass is 379 g/mol. The van der Waals surface area contributed by atoms with Gasteiger partial charge in [0.15, 0.2) is 5.11 Å². The zero-order valence-corrected chi connectivity index (χ0v) is 14.5. The molecule has 1 aromatic heterocycles. The normalized spacial score (nSPS) is 15.2. The fourth-order valence-electron chi connectivity index (χ4n) is 2.26. The van der Waals surface area contributed by atoms with Crippen molar-refractivity contribution in [1.29, 1.82) is 0 Å². The van der Waals surface area contributed by atoms with Crippen LogP contribution in [0.2, 0.25) is 0 Å². The molecule has 0 spiro atoms. The topological polar surface area (TPSA) is 140 Å². The molecule has 1 aliphatic heterocycles. The highest BCUT2D eigenvalue weighted by atomic mass is 32.2. The number of hydrogen-bond donors (Lipinski definition) is 4. The van der Waals surface area contributed by atoms with E-state index in [1.165, 1.54) is 37.3 Å². The number of nitrogens with one attached hydrogen (secondary N) is 3. The second-order valence-electron chi connectivity index (χ2n) is 4.86. The summed E-state index contributed by atoms with van der Waals surface area (Å²) in [7, 11) is 1.49. The Morgan fingerprint density at radius 3 is 3.00 bits per heavy atom. The van der Waals surface area contributed by atoms with Gasteiger partial charge in [-0.05, 0) is 18.3 Å². The van der Waals surface area contributed by atoms with Gasteiger partial charge in [-0.25, -0.2) is 10.4 Å². The van der Waals surface area contributed by atoms with E-state index >= 15 is 0 Å². The average Bonchev–Trinajstić information content (AvgIpc) is 2.75. The first-order valence-corrected chi connectivity index (χ1v) is 8.14. The Morgan fingerprint density at radius 2 is 2.32 bits per heavy atom. The highest BCUT2D eigenvalue weighted by Gasteiger charge is 2.27. The first kappa shape index (κ1) is 17.1. The molecule has 10 nitrogen and oxygen atoms in total. The minimum atomic E-state index is -0.593. The quantitative estimate of drug-likeness (QED) is 0.264. The lowest BCUT2D eigenvalue weighted by atomic mass is 10.1. The Labute approximate surface area is 151 Å². The van der Waals surface area contributed by atoms with E-state index in [9.17, 15) is 10.1 Å². The summed E-state index contributed by atoms with van der Waals surface area (Å²) in [6.07, 6.45) is 0.795. The van der Waals surface area contributed by atoms with Crippen LogP contribution in [0.1, 0.15) is 11.7 Å². The van der Waals surface area contributed by atoms with Gasteiger partial charge in [0.05, 0.1) is 12.0 Å². The fraction of sp³-hybridized carbons (Fsp3) is 0.154. The summed E-state index contributed by atoms with van der Waals surface area (Å²) in [5, 5.41) is 15.0. The number of ether oxygens (including phenoxy) is 1. The smallest absolute Gasteiger partial charge is 0.269 e. The minimum Gasteiger partial charge on any atom is -0.479 e. The van der Waals surface area contributed by atoms with Crippen LogP contribution < -0.4 is 26.6 Å². The molecule has 0 bridgehead atoms. The number of non-ortho nitro benzene ring substituents is 1. The van der Waals surface area contributed by atoms with Gasteiger partial charge in [-0.1, -0.05) is 11.8 Å². The molecule has 0 aliphatic carbocycles. The molecule has 1 atom stereocenters. The van der Waals surface area contributed by atoms with Crippen molar-refractivity contribution >= 4 is 40.5 Å². The first-order valence-electron chi connectivity index (χ1n) is 6.92. The SMILES string of the molecule is COc1ncnc2c1N[C@@H](NNC(N)=S)c1cc([N+](=O)[O-])ccc1S2. The fourth-order valence-corrected chi connectivity index (χ4v) is 3.31. The standard InChI is InChI=1S/C13H13N7O3S2/c1-23-11-9-12(16-5-15-11)25-8-3-2-6(20(21)22)4-7(8)10(17-9)18-19-13(14)24/h2-5,10,17-18H,1H3,(H3,14,19,24)/t10-/m0/s1. The highest BCUT2D eigenvalue weighted by Crippen LogP contribution is 2.44. The number of methoxy groups -OCH3 is 1. The van der Waals surface area contributed by atoms with Gasteiger partial charge in [0.25, 0.3) is 5.69 Å². The predicted octanol–water partition coefficient (Wildman–Crippen LogP) is 1.31. The Kier molecular flexibility index (Phi) is 4.83. The van der Waals surface area contributed by atoms with Crippen molar-refractivity contribution in [3.8, 4) is 5.88 Å². The maximum Gasteiger partial charge on any atom is 0.269 e. The van der Waals surface area contributed by atoms with Gasteiger partial charge in [-0.15, -0.1) is 0 Å². The summed E-state index contributed by atoms with van der Waals surface area (Å²) in [5.74, 6) is 0.349. The molecule has 2 heterocycles. The molecule has 1 aliphatic rings. The van der Waals surface area contributed by atoms with E-state index in [-0.39, 0.29) is 10.8 Å². The van der Waals surface area contributed by atoms with Gasteiger partial charge in [-0.3, -0.25) is 15.5 Å². The summed E-state index contributed by atoms with van der Waals surface area (Å²) in [6, 6.07) is 4.58. The number of nitro benzene ring substituents is 1. The average molecular weight is 379 g/mol. The maximum atomic E-state index is 11.1. The van der Waals surface area contributed by atoms with Gasteiger partial charge in [0.1, 0.15) is 23.2 Å². The second-order valence-corrected chi connectivity index (χ2v) is 6.33. The van der Waals surface area contributed by atoms with Gasteiger partial charge in [-0.2, -0.15) is 4.98 Å². The molecule has 2 aromatic rings. The summed E-state index contributed by atoms with van der Waals surface area (Å²) >= 11 is 6.15. The van der Waals surface area contributed by atoms with Gasteiger partial charge >= 0.3 is 0 Å². The molecule has 130 valence electrons. The van der Waals surface area contributed by atoms with E-state index in [0.717, 1.165) is 4.90 Å². The minimum absolute atomic E-state index is 0.0298. The number of nitrogens with zero attached hydrogens (tertiary/aromatic N) is 3. The number of rotatable bonds is 4. The zero-order chi connectivity index (χ0) is 18.0. The summed E-state index contributed by atoms with van der Waals surface area (Å²) in [5.41, 5.74) is 12.1. The molecule has 12 heteroatoms. The van der Waals surface area contributed by atoms with Crippen LogP contribution in [0.15, 0.2) is 34.4 Å². The zero-order valence-electron chi connectivity index (χ0n) is 12.8. The van der Waals surface area contributed by atoms with Crippen LogP contribution in [0, 0.1) is 10.1 Å². The van der Waals surface area contributed by atoms with Gasteiger partial charge in [0.2, 0.25) is 5.88 Å². The Bertz CT molecular complexity index is 848. The van der Waals surface area contributed by atoms with E-state index in [1.54, 1.807) is 6.07 Å². The molecule has 1 aromatic carbocycles. The van der Waals surface area contributed by atoms with Crippen molar-refractivity contribution in [3.05, 3.63) is 40.2 Å². The van der Waals surface area contributed by atoms with Crippen molar-refractivity contribution in [1.82, 2.24) is 20.8 Å². The van der Waals surface area contributed by atoms with Crippen LogP contribution in [0.3, 0.4) is 0 Å². The van der Waals surface area contributed by atoms with Crippen LogP contribution in [0.25, 0.3) is 0 Å². The van der Waals surface area contributed by atoms with E-state index in [0.29, 0.717) is 22.2 Å². The summed E-state index contributed by atoms with van der Waals surface area (Å²) in [4.78, 5) is 19.8. The van der Waals surface area contributed by atoms with E-state index in [1.807, 2.05) is 0 Å². The van der Waals surface area contributed by atoms with E-state index in [2.05, 4.69) is 26.1 Å². The van der Waals surface area contributed by atoms with Gasteiger partial charge in [0, 0.05) is 22.6 Å². The lowest BCUT2D eigenvalue weighted by molar-refractivity contribution is -0.385. The van der Waals surface area contributed by atoms with Crippen LogP contribution >= 0.6 is 24.0 Å². The molecule has 25 heavy (non-hydrogen) atoms. The Morgan fingerprint density at radius 1 is 1.52 bits per heavy atom. The number of nitrogens with two attached hydrogens (primary N) is 1. The molecule has 0 amide bonds. The Balaban J connectivity index is 2.09. The summed E-state index contributed by atoms with van der Waals surface area (Å²) < 4.78 is 5.27. The number of nitro groups is 1. The number of hydrogen-bond acceptors (Lipinski definition) is 9.